The molecule has 0 unspecified atom stereocenters. The first-order valence-corrected chi connectivity index (χ1v) is 8.78. The first-order chi connectivity index (χ1) is 11.9. The van der Waals surface area contributed by atoms with Crippen molar-refractivity contribution in [1.29, 1.82) is 0 Å². The molecular weight excluding hydrogens is 320 g/mol. The molecule has 2 aliphatic heterocycles. The molecule has 0 saturated carbocycles. The maximum absolute atomic E-state index is 12.7. The van der Waals surface area contributed by atoms with Crippen LogP contribution in [0, 0.1) is 5.92 Å². The van der Waals surface area contributed by atoms with E-state index in [1.54, 1.807) is 6.92 Å². The maximum Gasteiger partial charge on any atom is 0.334 e. The molecular formula is C20H24O5. The Morgan fingerprint density at radius 1 is 1.24 bits per heavy atom. The Morgan fingerprint density at radius 2 is 2.00 bits per heavy atom. The highest BCUT2D eigenvalue weighted by atomic mass is 16.6. The Morgan fingerprint density at radius 3 is 2.72 bits per heavy atom. The molecule has 1 aliphatic carbocycles. The Labute approximate surface area is 147 Å². The van der Waals surface area contributed by atoms with Crippen molar-refractivity contribution in [2.45, 2.75) is 63.8 Å². The van der Waals surface area contributed by atoms with E-state index in [1.807, 2.05) is 6.08 Å². The number of allylic oxidation sites excluding steroid dienone is 3. The molecule has 5 nitrogen and oxygen atoms in total. The van der Waals surface area contributed by atoms with Crippen LogP contribution in [-0.2, 0) is 23.9 Å². The number of aldehydes is 1. The third-order valence-electron chi connectivity index (χ3n) is 5.49. The van der Waals surface area contributed by atoms with Crippen LogP contribution in [0.15, 0.2) is 35.5 Å². The quantitative estimate of drug-likeness (QED) is 0.240. The second-order valence-corrected chi connectivity index (χ2v) is 7.25. The van der Waals surface area contributed by atoms with Gasteiger partial charge in [-0.05, 0) is 51.5 Å². The number of fused-ring (bicyclic) bond motifs is 2. The summed E-state index contributed by atoms with van der Waals surface area (Å²) in [7, 11) is 0. The Hall–Kier alpha value is -2.01. The fourth-order valence-electron chi connectivity index (χ4n) is 3.69. The summed E-state index contributed by atoms with van der Waals surface area (Å²) in [5, 5.41) is 0. The van der Waals surface area contributed by atoms with E-state index in [-0.39, 0.29) is 11.9 Å². The van der Waals surface area contributed by atoms with Gasteiger partial charge < -0.3 is 14.3 Å². The van der Waals surface area contributed by atoms with Crippen molar-refractivity contribution < 1.29 is 23.9 Å². The van der Waals surface area contributed by atoms with Crippen molar-refractivity contribution in [2.24, 2.45) is 5.92 Å². The molecule has 0 aromatic rings. The summed E-state index contributed by atoms with van der Waals surface area (Å²) in [6.45, 7) is 7.60. The number of ether oxygens (including phenoxy) is 2. The minimum Gasteiger partial charge on any atom is -0.450 e. The average Bonchev–Trinajstić information content (AvgIpc) is 3.20. The third kappa shape index (κ3) is 3.38. The van der Waals surface area contributed by atoms with E-state index in [9.17, 15) is 14.4 Å². The van der Waals surface area contributed by atoms with E-state index in [4.69, 9.17) is 9.47 Å². The standard InChI is InChI=1S/C20H24O5/c1-12-6-4-8-13(2)17(22)18-15(14(3)19(23)24-18)10-16-20(11-21,25-16)9-5-7-12/h7-8,11,15-16,18H,3-6,9-10H2,1-2H3/b12-7+,13-8+/t15-,16-,18-,20+/m1/s1. The van der Waals surface area contributed by atoms with Gasteiger partial charge in [-0.25, -0.2) is 4.79 Å². The zero-order chi connectivity index (χ0) is 18.2. The molecule has 4 atom stereocenters. The van der Waals surface area contributed by atoms with Gasteiger partial charge in [0, 0.05) is 11.5 Å². The Kier molecular flexibility index (Phi) is 4.78. The van der Waals surface area contributed by atoms with Crippen LogP contribution in [0.25, 0.3) is 0 Å². The van der Waals surface area contributed by atoms with Gasteiger partial charge in [0.05, 0.1) is 6.10 Å². The number of ketones is 1. The zero-order valence-electron chi connectivity index (χ0n) is 14.7. The zero-order valence-corrected chi connectivity index (χ0v) is 14.7. The van der Waals surface area contributed by atoms with Gasteiger partial charge in [0.15, 0.2) is 18.2 Å². The van der Waals surface area contributed by atoms with Crippen LogP contribution in [-0.4, -0.2) is 35.8 Å². The Bertz CT molecular complexity index is 686. The molecule has 3 aliphatic rings. The molecule has 0 bridgehead atoms. The van der Waals surface area contributed by atoms with Crippen molar-refractivity contribution in [1.82, 2.24) is 0 Å². The van der Waals surface area contributed by atoms with E-state index < -0.39 is 23.6 Å². The van der Waals surface area contributed by atoms with Crippen LogP contribution in [0.5, 0.6) is 0 Å². The van der Waals surface area contributed by atoms with Gasteiger partial charge in [-0.3, -0.25) is 4.79 Å². The van der Waals surface area contributed by atoms with E-state index in [2.05, 4.69) is 19.6 Å². The van der Waals surface area contributed by atoms with Crippen LogP contribution >= 0.6 is 0 Å². The Balaban J connectivity index is 1.89. The summed E-state index contributed by atoms with van der Waals surface area (Å²) in [6, 6.07) is 0. The third-order valence-corrected chi connectivity index (χ3v) is 5.49. The fourth-order valence-corrected chi connectivity index (χ4v) is 3.69. The molecule has 0 aromatic carbocycles. The summed E-state index contributed by atoms with van der Waals surface area (Å²) in [5.74, 6) is -1.15. The number of rotatable bonds is 1. The molecule has 5 heteroatoms. The molecule has 2 saturated heterocycles. The normalized spacial score (nSPS) is 40.6. The predicted octanol–water partition coefficient (Wildman–Crippen LogP) is 2.85. The van der Waals surface area contributed by atoms with Crippen molar-refractivity contribution >= 4 is 18.0 Å². The SMILES string of the molecule is C=C1C(=O)O[C@H]2C(=O)/C(C)=C/CC/C(C)=C/CC[C@@]3(C=O)O[C@@H]3C[C@H]12. The topological polar surface area (TPSA) is 73.0 Å². The maximum atomic E-state index is 12.7. The lowest BCUT2D eigenvalue weighted by Crippen LogP contribution is -2.30. The molecule has 134 valence electrons. The highest BCUT2D eigenvalue weighted by molar-refractivity contribution is 6.04. The van der Waals surface area contributed by atoms with E-state index >= 15 is 0 Å². The second kappa shape index (κ2) is 6.71. The molecule has 0 radical (unpaired) electrons. The van der Waals surface area contributed by atoms with Crippen LogP contribution in [0.1, 0.15) is 46.0 Å². The summed E-state index contributed by atoms with van der Waals surface area (Å²) in [4.78, 5) is 36.2. The summed E-state index contributed by atoms with van der Waals surface area (Å²) in [6.07, 6.45) is 7.12. The molecule has 25 heavy (non-hydrogen) atoms. The smallest absolute Gasteiger partial charge is 0.334 e. The lowest BCUT2D eigenvalue weighted by molar-refractivity contribution is -0.145. The molecule has 0 spiro atoms. The average molecular weight is 344 g/mol. The van der Waals surface area contributed by atoms with Crippen LogP contribution < -0.4 is 0 Å². The molecule has 2 heterocycles. The number of carbonyl (C=O) groups is 3. The molecule has 0 N–H and O–H groups in total. The first kappa shape index (κ1) is 17.8. The van der Waals surface area contributed by atoms with Gasteiger partial charge in [-0.15, -0.1) is 0 Å². The second-order valence-electron chi connectivity index (χ2n) is 7.25. The fraction of sp³-hybridized carbons (Fsp3) is 0.550. The van der Waals surface area contributed by atoms with Gasteiger partial charge in [0.25, 0.3) is 0 Å². The molecule has 3 rings (SSSR count). The van der Waals surface area contributed by atoms with Crippen molar-refractivity contribution in [3.05, 3.63) is 35.5 Å². The number of carbonyl (C=O) groups excluding carboxylic acids is 3. The van der Waals surface area contributed by atoms with Crippen LogP contribution in [0.3, 0.4) is 0 Å². The number of hydrogen-bond donors (Lipinski definition) is 0. The largest absolute Gasteiger partial charge is 0.450 e. The minimum absolute atomic E-state index is 0.187. The van der Waals surface area contributed by atoms with E-state index in [0.717, 1.165) is 25.5 Å². The lowest BCUT2D eigenvalue weighted by atomic mass is 9.84. The highest BCUT2D eigenvalue weighted by Gasteiger charge is 2.58. The van der Waals surface area contributed by atoms with Gasteiger partial charge in [-0.2, -0.15) is 0 Å². The number of epoxide rings is 1. The lowest BCUT2D eigenvalue weighted by Gasteiger charge is -2.17. The van der Waals surface area contributed by atoms with Gasteiger partial charge >= 0.3 is 5.97 Å². The van der Waals surface area contributed by atoms with E-state index in [1.165, 1.54) is 5.57 Å². The number of Topliss-reactive ketones (excluding diaryl/α,β-unsaturated/α-hetero) is 1. The van der Waals surface area contributed by atoms with Crippen molar-refractivity contribution in [2.75, 3.05) is 0 Å². The summed E-state index contributed by atoms with van der Waals surface area (Å²) >= 11 is 0. The monoisotopic (exact) mass is 344 g/mol. The first-order valence-electron chi connectivity index (χ1n) is 8.78. The number of hydrogen-bond acceptors (Lipinski definition) is 5. The summed E-state index contributed by atoms with van der Waals surface area (Å²) in [5.41, 5.74) is 1.32. The molecule has 0 aromatic heterocycles. The van der Waals surface area contributed by atoms with Crippen LogP contribution in [0.4, 0.5) is 0 Å². The van der Waals surface area contributed by atoms with Crippen molar-refractivity contribution in [3.8, 4) is 0 Å². The predicted molar refractivity (Wildman–Crippen MR) is 91.8 cm³/mol. The molecule has 0 amide bonds. The van der Waals surface area contributed by atoms with Crippen molar-refractivity contribution in [3.63, 3.8) is 0 Å². The summed E-state index contributed by atoms with van der Waals surface area (Å²) < 4.78 is 11.0. The van der Waals surface area contributed by atoms with Gasteiger partial charge in [-0.1, -0.05) is 24.3 Å². The van der Waals surface area contributed by atoms with E-state index in [0.29, 0.717) is 24.0 Å². The molecule has 2 fully saturated rings. The highest BCUT2D eigenvalue weighted by Crippen LogP contribution is 2.46. The van der Waals surface area contributed by atoms with Gasteiger partial charge in [0.1, 0.15) is 5.60 Å². The number of esters is 1. The van der Waals surface area contributed by atoms with Crippen LogP contribution in [0.2, 0.25) is 0 Å². The minimum atomic E-state index is -0.857. The van der Waals surface area contributed by atoms with Gasteiger partial charge in [0.2, 0.25) is 0 Å².